The Morgan fingerprint density at radius 1 is 1.02 bits per heavy atom. The van der Waals surface area contributed by atoms with Gasteiger partial charge in [0.05, 0.1) is 41.0 Å². The Kier molecular flexibility index (Phi) is 7.35. The molecule has 0 spiro atoms. The average molecular weight is 667 g/mol. The number of ether oxygens (including phenoxy) is 1. The first kappa shape index (κ1) is 30.6. The fourth-order valence-electron chi connectivity index (χ4n) is 7.02. The first-order valence-corrected chi connectivity index (χ1v) is 15.8. The van der Waals surface area contributed by atoms with Crippen LogP contribution in [0.1, 0.15) is 12.2 Å². The number of amides is 1. The quantitative estimate of drug-likeness (QED) is 0.284. The number of fused-ring (bicyclic) bond motifs is 6. The monoisotopic (exact) mass is 666 g/mol. The lowest BCUT2D eigenvalue weighted by Crippen LogP contribution is -2.47. The summed E-state index contributed by atoms with van der Waals surface area (Å²) >= 11 is 0. The smallest absolute Gasteiger partial charge is 0.245 e. The van der Waals surface area contributed by atoms with Crippen LogP contribution in [0.25, 0.3) is 39.0 Å². The number of hydrogen-bond acceptors (Lipinski definition) is 10. The number of halogens is 2. The highest BCUT2D eigenvalue weighted by Gasteiger charge is 2.41. The summed E-state index contributed by atoms with van der Waals surface area (Å²) < 4.78 is 38.0. The van der Waals surface area contributed by atoms with Gasteiger partial charge in [-0.05, 0) is 43.7 Å². The van der Waals surface area contributed by atoms with Gasteiger partial charge in [-0.25, -0.2) is 33.4 Å². The number of nitrogens with zero attached hydrogens (tertiary/aromatic N) is 9. The van der Waals surface area contributed by atoms with Gasteiger partial charge in [-0.15, -0.1) is 0 Å². The van der Waals surface area contributed by atoms with E-state index in [1.165, 1.54) is 35.3 Å². The number of carbonyl (C=O) groups excluding carboxylic acids is 1. The highest BCUT2D eigenvalue weighted by atomic mass is 19.1. The molecule has 1 fully saturated rings. The molecule has 8 rings (SSSR count). The Balaban J connectivity index is 1.22. The Morgan fingerprint density at radius 3 is 2.69 bits per heavy atom. The number of pyridine rings is 1. The Bertz CT molecular complexity index is 2260. The van der Waals surface area contributed by atoms with E-state index < -0.39 is 23.8 Å². The van der Waals surface area contributed by atoms with Crippen molar-refractivity contribution in [2.24, 2.45) is 0 Å². The first-order chi connectivity index (χ1) is 23.7. The van der Waals surface area contributed by atoms with Crippen LogP contribution >= 0.6 is 0 Å². The number of aromatic hydroxyl groups is 1. The summed E-state index contributed by atoms with van der Waals surface area (Å²) in [6, 6.07) is 11.2. The third-order valence-corrected chi connectivity index (χ3v) is 9.32. The number of carbonyl (C=O) groups is 1. The Labute approximate surface area is 278 Å². The minimum Gasteiger partial charge on any atom is -0.506 e. The number of aromatic nitrogens is 7. The van der Waals surface area contributed by atoms with Crippen molar-refractivity contribution in [2.45, 2.75) is 38.1 Å². The van der Waals surface area contributed by atoms with Crippen LogP contribution in [0.3, 0.4) is 0 Å². The summed E-state index contributed by atoms with van der Waals surface area (Å²) in [6.45, 7) is 2.90. The lowest BCUT2D eigenvalue weighted by Gasteiger charge is -2.30. The standard InChI is InChI=1S/C34H32F2N10O3/c1-18-40-26-10-20(36)9-23-25-5-4-6-30(42-25)41-21-12-28(34(48)43(2)15-22(49-3)16-44(18)31(23)26)45(14-21)32-24-13-39-46(33(24)38-17-37-32)27-8-7-19(35)11-29(27)47/h4-11,13,17,21-22,28,47H,12,14-16H2,1-3H3,(H,41,42)/t21-,22-,28-/m0/s1. The van der Waals surface area contributed by atoms with Crippen LogP contribution in [-0.2, 0) is 16.1 Å². The summed E-state index contributed by atoms with van der Waals surface area (Å²) in [5.74, 6) is 0.319. The van der Waals surface area contributed by atoms with Crippen molar-refractivity contribution in [3.8, 4) is 22.7 Å². The van der Waals surface area contributed by atoms with Crippen molar-refractivity contribution in [1.82, 2.24) is 39.2 Å². The van der Waals surface area contributed by atoms with E-state index >= 15 is 0 Å². The topological polar surface area (TPSA) is 139 Å². The molecule has 0 saturated carbocycles. The van der Waals surface area contributed by atoms with Crippen molar-refractivity contribution in [3.63, 3.8) is 0 Å². The second kappa shape index (κ2) is 11.8. The molecule has 15 heteroatoms. The molecule has 6 aromatic rings. The number of aryl methyl sites for hydroxylation is 1. The highest BCUT2D eigenvalue weighted by molar-refractivity contribution is 5.94. The van der Waals surface area contributed by atoms with Gasteiger partial charge < -0.3 is 29.5 Å². The van der Waals surface area contributed by atoms with E-state index in [0.29, 0.717) is 64.8 Å². The number of imidazole rings is 1. The van der Waals surface area contributed by atoms with E-state index in [0.717, 1.165) is 11.6 Å². The summed E-state index contributed by atoms with van der Waals surface area (Å²) in [5, 5.41) is 19.0. The molecule has 3 atom stereocenters. The third-order valence-electron chi connectivity index (χ3n) is 9.32. The van der Waals surface area contributed by atoms with E-state index in [1.54, 1.807) is 25.3 Å². The van der Waals surface area contributed by atoms with Gasteiger partial charge in [0, 0.05) is 51.0 Å². The molecule has 2 aliphatic heterocycles. The van der Waals surface area contributed by atoms with Crippen LogP contribution in [0.5, 0.6) is 5.75 Å². The Morgan fingerprint density at radius 2 is 1.88 bits per heavy atom. The number of anilines is 2. The van der Waals surface area contributed by atoms with Crippen LogP contribution < -0.4 is 10.2 Å². The molecule has 2 aromatic carbocycles. The SMILES string of the molecule is CO[C@H]1CN(C)C(=O)[C@@H]2C[C@@H](CN2c2ncnc3c2cnn3-c2ccc(F)cc2O)Nc2cccc(n2)-c2cc(F)cc3nc(C)n(c23)C1. The van der Waals surface area contributed by atoms with Crippen molar-refractivity contribution in [1.29, 1.82) is 0 Å². The van der Waals surface area contributed by atoms with Crippen LogP contribution in [0.4, 0.5) is 20.4 Å². The maximum atomic E-state index is 14.9. The van der Waals surface area contributed by atoms with Crippen molar-refractivity contribution in [3.05, 3.63) is 78.5 Å². The van der Waals surface area contributed by atoms with Crippen LogP contribution in [-0.4, -0.2) is 95.6 Å². The van der Waals surface area contributed by atoms with E-state index in [9.17, 15) is 18.7 Å². The second-order valence-corrected chi connectivity index (χ2v) is 12.4. The number of methoxy groups -OCH3 is 1. The number of phenols is 1. The summed E-state index contributed by atoms with van der Waals surface area (Å²) in [7, 11) is 3.35. The molecule has 0 radical (unpaired) electrons. The summed E-state index contributed by atoms with van der Waals surface area (Å²) in [5.41, 5.74) is 3.07. The molecule has 49 heavy (non-hydrogen) atoms. The molecule has 2 N–H and O–H groups in total. The fraction of sp³-hybridized carbons (Fsp3) is 0.294. The van der Waals surface area contributed by atoms with E-state index in [2.05, 4.69) is 25.4 Å². The number of likely N-dealkylation sites (N-methyl/N-ethyl adjacent to an activating group) is 1. The van der Waals surface area contributed by atoms with Crippen molar-refractivity contribution >= 4 is 39.6 Å². The number of hydrogen-bond donors (Lipinski definition) is 2. The normalized spacial score (nSPS) is 19.7. The van der Waals surface area contributed by atoms with Gasteiger partial charge in [0.25, 0.3) is 0 Å². The maximum absolute atomic E-state index is 14.9. The predicted molar refractivity (Wildman–Crippen MR) is 178 cm³/mol. The number of benzene rings is 2. The van der Waals surface area contributed by atoms with Gasteiger partial charge >= 0.3 is 0 Å². The summed E-state index contributed by atoms with van der Waals surface area (Å²) in [4.78, 5) is 36.5. The van der Waals surface area contributed by atoms with Crippen molar-refractivity contribution < 1.29 is 23.4 Å². The molecule has 0 aliphatic carbocycles. The van der Waals surface area contributed by atoms with E-state index in [1.807, 2.05) is 34.6 Å². The average Bonchev–Trinajstić information content (AvgIpc) is 3.78. The molecule has 250 valence electrons. The zero-order chi connectivity index (χ0) is 34.0. The van der Waals surface area contributed by atoms with Crippen LogP contribution in [0.15, 0.2) is 61.1 Å². The Hall–Kier alpha value is -5.70. The predicted octanol–water partition coefficient (Wildman–Crippen LogP) is 4.07. The maximum Gasteiger partial charge on any atom is 0.245 e. The van der Waals surface area contributed by atoms with Gasteiger partial charge in [-0.2, -0.15) is 5.10 Å². The molecule has 6 heterocycles. The van der Waals surface area contributed by atoms with Gasteiger partial charge in [0.2, 0.25) is 5.91 Å². The summed E-state index contributed by atoms with van der Waals surface area (Å²) in [6.07, 6.45) is 2.97. The van der Waals surface area contributed by atoms with Gasteiger partial charge in [-0.3, -0.25) is 4.79 Å². The van der Waals surface area contributed by atoms with Crippen LogP contribution in [0.2, 0.25) is 0 Å². The highest BCUT2D eigenvalue weighted by Crippen LogP contribution is 2.35. The lowest BCUT2D eigenvalue weighted by molar-refractivity contribution is -0.132. The van der Waals surface area contributed by atoms with E-state index in [4.69, 9.17) is 9.72 Å². The molecule has 4 aromatic heterocycles. The largest absolute Gasteiger partial charge is 0.506 e. The molecule has 2 aliphatic rings. The molecular weight excluding hydrogens is 634 g/mol. The molecule has 0 unspecified atom stereocenters. The minimum atomic E-state index is -0.623. The van der Waals surface area contributed by atoms with E-state index in [-0.39, 0.29) is 29.9 Å². The van der Waals surface area contributed by atoms with Gasteiger partial charge in [0.15, 0.2) is 5.65 Å². The zero-order valence-electron chi connectivity index (χ0n) is 26.9. The first-order valence-electron chi connectivity index (χ1n) is 15.8. The number of rotatable bonds is 3. The van der Waals surface area contributed by atoms with Crippen LogP contribution in [0, 0.1) is 18.6 Å². The third kappa shape index (κ3) is 5.26. The molecule has 1 saturated heterocycles. The van der Waals surface area contributed by atoms with Crippen molar-refractivity contribution in [2.75, 3.05) is 37.5 Å². The fourth-order valence-corrected chi connectivity index (χ4v) is 7.02. The zero-order valence-corrected chi connectivity index (χ0v) is 26.9. The molecule has 4 bridgehead atoms. The molecule has 13 nitrogen and oxygen atoms in total. The number of phenolic OH excluding ortho intramolecular Hbond substituents is 1. The van der Waals surface area contributed by atoms with Gasteiger partial charge in [0.1, 0.15) is 52.9 Å². The number of nitrogens with one attached hydrogen (secondary N) is 1. The molecule has 1 amide bonds. The lowest BCUT2D eigenvalue weighted by atomic mass is 10.1. The minimum absolute atomic E-state index is 0.131. The van der Waals surface area contributed by atoms with Gasteiger partial charge in [-0.1, -0.05) is 6.07 Å². The second-order valence-electron chi connectivity index (χ2n) is 12.4. The molecular formula is C34H32F2N10O3.